The van der Waals surface area contributed by atoms with Crippen molar-refractivity contribution in [1.82, 2.24) is 5.32 Å². The molecule has 0 atom stereocenters. The van der Waals surface area contributed by atoms with Crippen molar-refractivity contribution in [2.75, 3.05) is 18.5 Å². The summed E-state index contributed by atoms with van der Waals surface area (Å²) in [6, 6.07) is 1.66. The number of halogens is 2. The van der Waals surface area contributed by atoms with Gasteiger partial charge in [-0.05, 0) is 25.2 Å². The molecular formula is C12H14F2N2OS. The van der Waals surface area contributed by atoms with Gasteiger partial charge in [-0.2, -0.15) is 11.8 Å². The van der Waals surface area contributed by atoms with Gasteiger partial charge in [-0.25, -0.2) is 8.78 Å². The molecule has 6 heteroatoms. The van der Waals surface area contributed by atoms with Crippen molar-refractivity contribution in [2.24, 2.45) is 0 Å². The smallest absolute Gasteiger partial charge is 0.254 e. The fourth-order valence-electron chi connectivity index (χ4n) is 1.67. The molecule has 18 heavy (non-hydrogen) atoms. The summed E-state index contributed by atoms with van der Waals surface area (Å²) in [4.78, 5) is 11.8. The third-order valence-corrected chi connectivity index (χ3v) is 4.56. The van der Waals surface area contributed by atoms with Gasteiger partial charge in [-0.1, -0.05) is 0 Å². The van der Waals surface area contributed by atoms with E-state index in [4.69, 9.17) is 5.73 Å². The van der Waals surface area contributed by atoms with E-state index in [1.807, 2.05) is 6.26 Å². The van der Waals surface area contributed by atoms with Gasteiger partial charge < -0.3 is 11.1 Å². The first kappa shape index (κ1) is 13.1. The summed E-state index contributed by atoms with van der Waals surface area (Å²) in [6.45, 7) is 0.490. The summed E-state index contributed by atoms with van der Waals surface area (Å²) >= 11 is 1.69. The number of rotatable bonds is 4. The fraction of sp³-hybridized carbons (Fsp3) is 0.417. The lowest BCUT2D eigenvalue weighted by Crippen LogP contribution is -2.32. The number of carbonyl (C=O) groups is 1. The molecule has 1 amide bonds. The Kier molecular flexibility index (Phi) is 3.47. The number of amides is 1. The number of carbonyl (C=O) groups excluding carboxylic acids is 1. The van der Waals surface area contributed by atoms with Crippen molar-refractivity contribution in [2.45, 2.75) is 17.6 Å². The van der Waals surface area contributed by atoms with Crippen molar-refractivity contribution in [3.05, 3.63) is 29.3 Å². The zero-order valence-corrected chi connectivity index (χ0v) is 10.7. The standard InChI is InChI=1S/C12H14F2N2OS/c1-18-12(2-3-12)6-16-11(17)7-4-10(15)9(14)5-8(7)13/h4-5H,2-3,6,15H2,1H3,(H,16,17). The maximum atomic E-state index is 13.4. The van der Waals surface area contributed by atoms with Gasteiger partial charge in [0.25, 0.3) is 5.91 Å². The number of hydrogen-bond donors (Lipinski definition) is 2. The Morgan fingerprint density at radius 3 is 2.67 bits per heavy atom. The molecule has 0 unspecified atom stereocenters. The summed E-state index contributed by atoms with van der Waals surface area (Å²) in [5, 5.41) is 2.66. The minimum Gasteiger partial charge on any atom is -0.396 e. The van der Waals surface area contributed by atoms with Gasteiger partial charge in [0.2, 0.25) is 0 Å². The molecule has 0 radical (unpaired) electrons. The van der Waals surface area contributed by atoms with Gasteiger partial charge in [0.15, 0.2) is 0 Å². The van der Waals surface area contributed by atoms with Crippen LogP contribution in [0, 0.1) is 11.6 Å². The highest BCUT2D eigenvalue weighted by molar-refractivity contribution is 8.00. The highest BCUT2D eigenvalue weighted by atomic mass is 32.2. The van der Waals surface area contributed by atoms with Crippen molar-refractivity contribution in [3.63, 3.8) is 0 Å². The number of hydrogen-bond acceptors (Lipinski definition) is 3. The van der Waals surface area contributed by atoms with E-state index < -0.39 is 17.5 Å². The summed E-state index contributed by atoms with van der Waals surface area (Å²) in [7, 11) is 0. The molecule has 0 saturated heterocycles. The monoisotopic (exact) mass is 272 g/mol. The fourth-order valence-corrected chi connectivity index (χ4v) is 2.40. The summed E-state index contributed by atoms with van der Waals surface area (Å²) in [5.41, 5.74) is 4.88. The number of benzene rings is 1. The van der Waals surface area contributed by atoms with Crippen molar-refractivity contribution < 1.29 is 13.6 Å². The van der Waals surface area contributed by atoms with Crippen LogP contribution in [0.2, 0.25) is 0 Å². The Balaban J connectivity index is 2.07. The summed E-state index contributed by atoms with van der Waals surface area (Å²) in [5.74, 6) is -2.31. The highest BCUT2D eigenvalue weighted by Crippen LogP contribution is 2.46. The second-order valence-electron chi connectivity index (χ2n) is 4.42. The van der Waals surface area contributed by atoms with Crippen LogP contribution in [0.4, 0.5) is 14.5 Å². The molecule has 0 spiro atoms. The molecule has 2 rings (SSSR count). The van der Waals surface area contributed by atoms with E-state index >= 15 is 0 Å². The van der Waals surface area contributed by atoms with Crippen LogP contribution in [0.25, 0.3) is 0 Å². The maximum Gasteiger partial charge on any atom is 0.254 e. The Morgan fingerprint density at radius 2 is 2.11 bits per heavy atom. The molecule has 3 N–H and O–H groups in total. The molecule has 0 bridgehead atoms. The van der Waals surface area contributed by atoms with E-state index in [1.165, 1.54) is 0 Å². The topological polar surface area (TPSA) is 55.1 Å². The van der Waals surface area contributed by atoms with Gasteiger partial charge >= 0.3 is 0 Å². The van der Waals surface area contributed by atoms with Crippen LogP contribution in [0.1, 0.15) is 23.2 Å². The summed E-state index contributed by atoms with van der Waals surface area (Å²) < 4.78 is 26.5. The first-order valence-electron chi connectivity index (χ1n) is 5.55. The molecule has 0 aliphatic heterocycles. The first-order valence-corrected chi connectivity index (χ1v) is 6.78. The van der Waals surface area contributed by atoms with Crippen LogP contribution >= 0.6 is 11.8 Å². The minimum absolute atomic E-state index is 0.0950. The van der Waals surface area contributed by atoms with Crippen LogP contribution < -0.4 is 11.1 Å². The Morgan fingerprint density at radius 1 is 1.44 bits per heavy atom. The van der Waals surface area contributed by atoms with Crippen LogP contribution in [0.5, 0.6) is 0 Å². The lowest BCUT2D eigenvalue weighted by Gasteiger charge is -2.13. The van der Waals surface area contributed by atoms with Crippen molar-refractivity contribution in [3.8, 4) is 0 Å². The number of nitrogens with one attached hydrogen (secondary N) is 1. The largest absolute Gasteiger partial charge is 0.396 e. The molecule has 1 aliphatic carbocycles. The van der Waals surface area contributed by atoms with Gasteiger partial charge in [0.05, 0.1) is 11.3 Å². The predicted octanol–water partition coefficient (Wildman–Crippen LogP) is 2.17. The Hall–Kier alpha value is -1.30. The number of anilines is 1. The van der Waals surface area contributed by atoms with Crippen LogP contribution in [-0.2, 0) is 0 Å². The second-order valence-corrected chi connectivity index (χ2v) is 5.70. The van der Waals surface area contributed by atoms with Gasteiger partial charge in [-0.3, -0.25) is 4.79 Å². The lowest BCUT2D eigenvalue weighted by molar-refractivity contribution is 0.0949. The average molecular weight is 272 g/mol. The van der Waals surface area contributed by atoms with Gasteiger partial charge in [-0.15, -0.1) is 0 Å². The summed E-state index contributed by atoms with van der Waals surface area (Å²) in [6.07, 6.45) is 4.07. The molecule has 1 aliphatic rings. The minimum atomic E-state index is -0.895. The molecule has 0 aromatic heterocycles. The van der Waals surface area contributed by atoms with Crippen molar-refractivity contribution in [1.29, 1.82) is 0 Å². The highest BCUT2D eigenvalue weighted by Gasteiger charge is 2.42. The van der Waals surface area contributed by atoms with E-state index in [9.17, 15) is 13.6 Å². The maximum absolute atomic E-state index is 13.4. The third-order valence-electron chi connectivity index (χ3n) is 3.14. The molecule has 0 heterocycles. The first-order chi connectivity index (χ1) is 8.47. The zero-order valence-electron chi connectivity index (χ0n) is 9.93. The van der Waals surface area contributed by atoms with Gasteiger partial charge in [0.1, 0.15) is 11.6 Å². The predicted molar refractivity (Wildman–Crippen MR) is 68.6 cm³/mol. The SMILES string of the molecule is CSC1(CNC(=O)c2cc(N)c(F)cc2F)CC1. The molecule has 98 valence electrons. The van der Waals surface area contributed by atoms with Gasteiger partial charge in [0, 0.05) is 17.4 Å². The van der Waals surface area contributed by atoms with E-state index in [1.54, 1.807) is 11.8 Å². The zero-order chi connectivity index (χ0) is 13.3. The molecule has 1 saturated carbocycles. The van der Waals surface area contributed by atoms with E-state index in [2.05, 4.69) is 5.32 Å². The average Bonchev–Trinajstić information content (AvgIpc) is 3.11. The normalized spacial score (nSPS) is 16.4. The molecule has 1 fully saturated rings. The number of nitrogens with two attached hydrogens (primary N) is 1. The van der Waals surface area contributed by atoms with E-state index in [0.29, 0.717) is 12.6 Å². The quantitative estimate of drug-likeness (QED) is 0.826. The van der Waals surface area contributed by atoms with Crippen molar-refractivity contribution >= 4 is 23.4 Å². The Labute approximate surface area is 108 Å². The van der Waals surface area contributed by atoms with Crippen LogP contribution in [-0.4, -0.2) is 23.5 Å². The van der Waals surface area contributed by atoms with E-state index in [-0.39, 0.29) is 16.0 Å². The number of nitrogen functional groups attached to an aromatic ring is 1. The van der Waals surface area contributed by atoms with E-state index in [0.717, 1.165) is 18.9 Å². The van der Waals surface area contributed by atoms with Crippen LogP contribution in [0.3, 0.4) is 0 Å². The third kappa shape index (κ3) is 2.58. The molecule has 1 aromatic carbocycles. The van der Waals surface area contributed by atoms with Crippen LogP contribution in [0.15, 0.2) is 12.1 Å². The molecule has 3 nitrogen and oxygen atoms in total. The molecular weight excluding hydrogens is 258 g/mol. The lowest BCUT2D eigenvalue weighted by atomic mass is 10.1. The Bertz CT molecular complexity index is 489. The number of thioether (sulfide) groups is 1. The second kappa shape index (κ2) is 4.76. The molecule has 1 aromatic rings.